The highest BCUT2D eigenvalue weighted by molar-refractivity contribution is 5.61. The number of hydrogen-bond acceptors (Lipinski definition) is 5. The van der Waals surface area contributed by atoms with Crippen LogP contribution in [0.15, 0.2) is 60.7 Å². The molecule has 134 valence electrons. The Kier molecular flexibility index (Phi) is 6.17. The van der Waals surface area contributed by atoms with Crippen molar-refractivity contribution in [3.05, 3.63) is 71.8 Å². The van der Waals surface area contributed by atoms with Crippen LogP contribution in [0.5, 0.6) is 0 Å². The third-order valence-corrected chi connectivity index (χ3v) is 3.93. The van der Waals surface area contributed by atoms with Crippen LogP contribution >= 0.6 is 0 Å². The van der Waals surface area contributed by atoms with Crippen molar-refractivity contribution >= 4 is 11.6 Å². The van der Waals surface area contributed by atoms with E-state index >= 15 is 0 Å². The van der Waals surface area contributed by atoms with Gasteiger partial charge in [-0.3, -0.25) is 0 Å². The monoisotopic (exact) mass is 348 g/mol. The second-order valence-electron chi connectivity index (χ2n) is 6.09. The molecule has 0 spiro atoms. The third-order valence-electron chi connectivity index (χ3n) is 3.93. The van der Waals surface area contributed by atoms with E-state index < -0.39 is 0 Å². The Hall–Kier alpha value is -2.92. The quantitative estimate of drug-likeness (QED) is 0.600. The third kappa shape index (κ3) is 5.04. The molecule has 2 N–H and O–H groups in total. The van der Waals surface area contributed by atoms with E-state index in [0.717, 1.165) is 17.2 Å². The van der Waals surface area contributed by atoms with E-state index in [1.54, 1.807) is 7.11 Å². The molecule has 0 fully saturated rings. The molecule has 0 aliphatic carbocycles. The first-order valence-electron chi connectivity index (χ1n) is 8.71. The second kappa shape index (κ2) is 8.97. The van der Waals surface area contributed by atoms with Crippen molar-refractivity contribution in [2.24, 2.45) is 0 Å². The van der Waals surface area contributed by atoms with Crippen LogP contribution < -0.4 is 10.6 Å². The van der Waals surface area contributed by atoms with Crippen molar-refractivity contribution in [3.63, 3.8) is 0 Å². The number of benzene rings is 2. The molecule has 0 saturated heterocycles. The zero-order valence-electron chi connectivity index (χ0n) is 15.2. The molecule has 0 radical (unpaired) electrons. The van der Waals surface area contributed by atoms with Crippen LogP contribution in [0.3, 0.4) is 0 Å². The van der Waals surface area contributed by atoms with E-state index in [2.05, 4.69) is 51.8 Å². The van der Waals surface area contributed by atoms with Gasteiger partial charge in [0.25, 0.3) is 0 Å². The number of methoxy groups -OCH3 is 1. The standard InChI is InChI=1S/C21H24N4O/c1-16-7-6-8-17(13-16)15-23-20-14-19(22-11-12-26-2)24-21(25-20)18-9-4-3-5-10-18/h3-10,13-14H,11-12,15H2,1-2H3,(H2,22,23,24,25). The minimum atomic E-state index is 0.622. The summed E-state index contributed by atoms with van der Waals surface area (Å²) in [6, 6.07) is 20.4. The summed E-state index contributed by atoms with van der Waals surface area (Å²) in [5.74, 6) is 2.27. The van der Waals surface area contributed by atoms with Gasteiger partial charge in [0.05, 0.1) is 6.61 Å². The van der Waals surface area contributed by atoms with Crippen molar-refractivity contribution < 1.29 is 4.74 Å². The normalized spacial score (nSPS) is 10.5. The van der Waals surface area contributed by atoms with E-state index in [4.69, 9.17) is 4.74 Å². The first-order chi connectivity index (χ1) is 12.7. The van der Waals surface area contributed by atoms with Gasteiger partial charge in [-0.25, -0.2) is 9.97 Å². The average Bonchev–Trinajstić information content (AvgIpc) is 2.67. The van der Waals surface area contributed by atoms with Crippen molar-refractivity contribution in [2.75, 3.05) is 30.9 Å². The highest BCUT2D eigenvalue weighted by Gasteiger charge is 2.07. The fourth-order valence-electron chi connectivity index (χ4n) is 2.64. The van der Waals surface area contributed by atoms with E-state index in [0.29, 0.717) is 25.5 Å². The largest absolute Gasteiger partial charge is 0.383 e. The Balaban J connectivity index is 1.81. The predicted molar refractivity (Wildman–Crippen MR) is 106 cm³/mol. The van der Waals surface area contributed by atoms with E-state index in [-0.39, 0.29) is 0 Å². The van der Waals surface area contributed by atoms with Crippen LogP contribution in [0.25, 0.3) is 11.4 Å². The maximum atomic E-state index is 5.10. The number of anilines is 2. The smallest absolute Gasteiger partial charge is 0.163 e. The molecule has 2 aromatic carbocycles. The van der Waals surface area contributed by atoms with Crippen LogP contribution in [0.1, 0.15) is 11.1 Å². The zero-order chi connectivity index (χ0) is 18.2. The lowest BCUT2D eigenvalue weighted by Gasteiger charge is -2.12. The van der Waals surface area contributed by atoms with Crippen LogP contribution in [-0.4, -0.2) is 30.2 Å². The Labute approximate surface area is 154 Å². The topological polar surface area (TPSA) is 59.1 Å². The zero-order valence-corrected chi connectivity index (χ0v) is 15.2. The van der Waals surface area contributed by atoms with Gasteiger partial charge in [0, 0.05) is 31.8 Å². The average molecular weight is 348 g/mol. The van der Waals surface area contributed by atoms with Gasteiger partial charge in [0.2, 0.25) is 0 Å². The van der Waals surface area contributed by atoms with Crippen molar-refractivity contribution in [1.29, 1.82) is 0 Å². The maximum Gasteiger partial charge on any atom is 0.163 e. The summed E-state index contributed by atoms with van der Waals surface area (Å²) in [5, 5.41) is 6.69. The van der Waals surface area contributed by atoms with Gasteiger partial charge in [0.15, 0.2) is 5.82 Å². The lowest BCUT2D eigenvalue weighted by molar-refractivity contribution is 0.210. The number of rotatable bonds is 8. The fourth-order valence-corrected chi connectivity index (χ4v) is 2.64. The van der Waals surface area contributed by atoms with Gasteiger partial charge in [-0.15, -0.1) is 0 Å². The van der Waals surface area contributed by atoms with Crippen molar-refractivity contribution in [1.82, 2.24) is 9.97 Å². The number of ether oxygens (including phenoxy) is 1. The molecule has 0 saturated carbocycles. The van der Waals surface area contributed by atoms with Gasteiger partial charge >= 0.3 is 0 Å². The minimum absolute atomic E-state index is 0.622. The number of aryl methyl sites for hydroxylation is 1. The van der Waals surface area contributed by atoms with Crippen LogP contribution in [-0.2, 0) is 11.3 Å². The molecule has 5 heteroatoms. The summed E-state index contributed by atoms with van der Waals surface area (Å²) < 4.78 is 5.10. The molecule has 0 aliphatic rings. The lowest BCUT2D eigenvalue weighted by atomic mass is 10.1. The van der Waals surface area contributed by atoms with E-state index in [9.17, 15) is 0 Å². The van der Waals surface area contributed by atoms with Crippen molar-refractivity contribution in [2.45, 2.75) is 13.5 Å². The highest BCUT2D eigenvalue weighted by atomic mass is 16.5. The molecule has 5 nitrogen and oxygen atoms in total. The molecule has 0 amide bonds. The first-order valence-corrected chi connectivity index (χ1v) is 8.71. The molecule has 0 bridgehead atoms. The Morgan fingerprint density at radius 3 is 2.38 bits per heavy atom. The maximum absolute atomic E-state index is 5.10. The first kappa shape index (κ1) is 17.9. The molecular formula is C21H24N4O. The SMILES string of the molecule is COCCNc1cc(NCc2cccc(C)c2)nc(-c2ccccc2)n1. The van der Waals surface area contributed by atoms with Gasteiger partial charge in [-0.2, -0.15) is 0 Å². The number of hydrogen-bond donors (Lipinski definition) is 2. The van der Waals surface area contributed by atoms with Gasteiger partial charge in [0.1, 0.15) is 11.6 Å². The summed E-state index contributed by atoms with van der Waals surface area (Å²) in [5.41, 5.74) is 3.46. The molecule has 3 rings (SSSR count). The predicted octanol–water partition coefficient (Wildman–Crippen LogP) is 4.12. The number of aromatic nitrogens is 2. The van der Waals surface area contributed by atoms with Crippen LogP contribution in [0.4, 0.5) is 11.6 Å². The molecular weight excluding hydrogens is 324 g/mol. The molecule has 3 aromatic rings. The molecule has 0 atom stereocenters. The molecule has 26 heavy (non-hydrogen) atoms. The Bertz CT molecular complexity index is 836. The van der Waals surface area contributed by atoms with E-state index in [1.165, 1.54) is 11.1 Å². The number of nitrogens with zero attached hydrogens (tertiary/aromatic N) is 2. The second-order valence-corrected chi connectivity index (χ2v) is 6.09. The molecule has 1 aromatic heterocycles. The summed E-state index contributed by atoms with van der Waals surface area (Å²) >= 11 is 0. The van der Waals surface area contributed by atoms with Gasteiger partial charge in [-0.1, -0.05) is 60.2 Å². The van der Waals surface area contributed by atoms with Gasteiger partial charge < -0.3 is 15.4 Å². The van der Waals surface area contributed by atoms with Gasteiger partial charge in [-0.05, 0) is 12.5 Å². The lowest BCUT2D eigenvalue weighted by Crippen LogP contribution is -2.11. The van der Waals surface area contributed by atoms with E-state index in [1.807, 2.05) is 36.4 Å². The summed E-state index contributed by atoms with van der Waals surface area (Å²) in [6.07, 6.45) is 0. The highest BCUT2D eigenvalue weighted by Crippen LogP contribution is 2.20. The Morgan fingerprint density at radius 2 is 1.65 bits per heavy atom. The van der Waals surface area contributed by atoms with Crippen LogP contribution in [0.2, 0.25) is 0 Å². The summed E-state index contributed by atoms with van der Waals surface area (Å²) in [4.78, 5) is 9.30. The van der Waals surface area contributed by atoms with Crippen molar-refractivity contribution in [3.8, 4) is 11.4 Å². The molecule has 0 unspecified atom stereocenters. The minimum Gasteiger partial charge on any atom is -0.383 e. The molecule has 1 heterocycles. The summed E-state index contributed by atoms with van der Waals surface area (Å²) in [6.45, 7) is 4.12. The summed E-state index contributed by atoms with van der Waals surface area (Å²) in [7, 11) is 1.69. The Morgan fingerprint density at radius 1 is 0.885 bits per heavy atom. The van der Waals surface area contributed by atoms with Crippen LogP contribution in [0, 0.1) is 6.92 Å². The molecule has 0 aliphatic heterocycles. The fraction of sp³-hybridized carbons (Fsp3) is 0.238. The number of nitrogens with one attached hydrogen (secondary N) is 2.